The van der Waals surface area contributed by atoms with Crippen molar-refractivity contribution in [2.75, 3.05) is 18.0 Å². The lowest BCUT2D eigenvalue weighted by Crippen LogP contribution is -2.43. The van der Waals surface area contributed by atoms with Gasteiger partial charge in [-0.15, -0.1) is 0 Å². The van der Waals surface area contributed by atoms with E-state index in [1.807, 2.05) is 12.1 Å². The van der Waals surface area contributed by atoms with E-state index in [0.717, 1.165) is 31.7 Å². The summed E-state index contributed by atoms with van der Waals surface area (Å²) < 4.78 is 0. The second kappa shape index (κ2) is 7.46. The maximum Gasteiger partial charge on any atom is 0.128 e. The zero-order chi connectivity index (χ0) is 16.9. The number of nitriles is 1. The fourth-order valence-corrected chi connectivity index (χ4v) is 3.30. The number of nitrogens with zero attached hydrogens (tertiary/aromatic N) is 3. The first-order valence-corrected chi connectivity index (χ1v) is 8.59. The highest BCUT2D eigenvalue weighted by Gasteiger charge is 2.21. The fourth-order valence-electron chi connectivity index (χ4n) is 3.30. The predicted molar refractivity (Wildman–Crippen MR) is 96.9 cm³/mol. The lowest BCUT2D eigenvalue weighted by molar-refractivity contribution is 0.380. The van der Waals surface area contributed by atoms with Crippen LogP contribution in [0, 0.1) is 18.3 Å². The van der Waals surface area contributed by atoms with E-state index in [1.54, 1.807) is 6.20 Å². The second-order valence-electron chi connectivity index (χ2n) is 6.58. The molecule has 0 aliphatic carbocycles. The van der Waals surface area contributed by atoms with Gasteiger partial charge in [0.15, 0.2) is 0 Å². The second-order valence-corrected chi connectivity index (χ2v) is 6.58. The molecule has 24 heavy (non-hydrogen) atoms. The summed E-state index contributed by atoms with van der Waals surface area (Å²) in [4.78, 5) is 6.70. The predicted octanol–water partition coefficient (Wildman–Crippen LogP) is 3.58. The van der Waals surface area contributed by atoms with Crippen LogP contribution >= 0.6 is 0 Å². The molecule has 4 heteroatoms. The van der Waals surface area contributed by atoms with Crippen molar-refractivity contribution in [3.63, 3.8) is 0 Å². The largest absolute Gasteiger partial charge is 0.357 e. The molecule has 1 saturated heterocycles. The first-order chi connectivity index (χ1) is 11.7. The molecule has 2 aromatic rings. The van der Waals surface area contributed by atoms with Gasteiger partial charge in [-0.25, -0.2) is 4.98 Å². The zero-order valence-electron chi connectivity index (χ0n) is 14.4. The summed E-state index contributed by atoms with van der Waals surface area (Å²) in [5, 5.41) is 12.6. The number of anilines is 1. The Morgan fingerprint density at radius 1 is 1.25 bits per heavy atom. The highest BCUT2D eigenvalue weighted by Crippen LogP contribution is 2.21. The molecule has 1 atom stereocenters. The van der Waals surface area contributed by atoms with Gasteiger partial charge < -0.3 is 10.2 Å². The van der Waals surface area contributed by atoms with Crippen LogP contribution < -0.4 is 10.2 Å². The molecule has 124 valence electrons. The van der Waals surface area contributed by atoms with Gasteiger partial charge in [0.25, 0.3) is 0 Å². The SMILES string of the molecule is Cc1cccc(C(C)NC2CCN(c3ccc(C#N)cn3)CC2)c1. The van der Waals surface area contributed by atoms with E-state index in [1.165, 1.54) is 11.1 Å². The minimum absolute atomic E-state index is 0.370. The Hall–Kier alpha value is -2.38. The van der Waals surface area contributed by atoms with E-state index in [0.29, 0.717) is 17.6 Å². The number of aromatic nitrogens is 1. The third-order valence-electron chi connectivity index (χ3n) is 4.72. The molecule has 0 bridgehead atoms. The average molecular weight is 320 g/mol. The van der Waals surface area contributed by atoms with Crippen molar-refractivity contribution in [1.29, 1.82) is 5.26 Å². The highest BCUT2D eigenvalue weighted by molar-refractivity contribution is 5.42. The topological polar surface area (TPSA) is 52.0 Å². The van der Waals surface area contributed by atoms with Gasteiger partial charge in [-0.05, 0) is 44.4 Å². The lowest BCUT2D eigenvalue weighted by atomic mass is 10.0. The molecule has 4 nitrogen and oxygen atoms in total. The summed E-state index contributed by atoms with van der Waals surface area (Å²) in [6.07, 6.45) is 3.87. The number of aryl methyl sites for hydroxylation is 1. The summed E-state index contributed by atoms with van der Waals surface area (Å²) in [5.74, 6) is 0.971. The Kier molecular flexibility index (Phi) is 5.12. The minimum atomic E-state index is 0.370. The molecule has 1 aromatic heterocycles. The summed E-state index contributed by atoms with van der Waals surface area (Å²) in [6.45, 7) is 6.37. The van der Waals surface area contributed by atoms with Crippen LogP contribution in [-0.4, -0.2) is 24.1 Å². The Morgan fingerprint density at radius 3 is 2.67 bits per heavy atom. The van der Waals surface area contributed by atoms with Gasteiger partial charge in [0.2, 0.25) is 0 Å². The molecular formula is C20H24N4. The van der Waals surface area contributed by atoms with Gasteiger partial charge in [-0.3, -0.25) is 0 Å². The van der Waals surface area contributed by atoms with Crippen molar-refractivity contribution < 1.29 is 0 Å². The van der Waals surface area contributed by atoms with Crippen molar-refractivity contribution in [3.05, 3.63) is 59.3 Å². The standard InChI is InChI=1S/C20H24N4/c1-15-4-3-5-18(12-15)16(2)23-19-8-10-24(11-9-19)20-7-6-17(13-21)14-22-20/h3-7,12,14,16,19,23H,8-11H2,1-2H3. The molecule has 0 radical (unpaired) electrons. The monoisotopic (exact) mass is 320 g/mol. The van der Waals surface area contributed by atoms with Crippen molar-refractivity contribution in [1.82, 2.24) is 10.3 Å². The molecule has 0 saturated carbocycles. The molecule has 0 amide bonds. The maximum absolute atomic E-state index is 8.86. The van der Waals surface area contributed by atoms with Crippen LogP contribution in [0.25, 0.3) is 0 Å². The van der Waals surface area contributed by atoms with Crippen molar-refractivity contribution >= 4 is 5.82 Å². The van der Waals surface area contributed by atoms with Gasteiger partial charge >= 0.3 is 0 Å². The number of hydrogen-bond acceptors (Lipinski definition) is 4. The van der Waals surface area contributed by atoms with Crippen LogP contribution in [0.3, 0.4) is 0 Å². The Bertz CT molecular complexity index is 709. The molecule has 1 unspecified atom stereocenters. The third-order valence-corrected chi connectivity index (χ3v) is 4.72. The van der Waals surface area contributed by atoms with Gasteiger partial charge in [-0.2, -0.15) is 5.26 Å². The lowest BCUT2D eigenvalue weighted by Gasteiger charge is -2.34. The molecule has 1 aliphatic heterocycles. The van der Waals surface area contributed by atoms with E-state index in [9.17, 15) is 0 Å². The van der Waals surface area contributed by atoms with Crippen LogP contribution in [0.5, 0.6) is 0 Å². The normalized spacial score (nSPS) is 16.6. The van der Waals surface area contributed by atoms with E-state index < -0.39 is 0 Å². The van der Waals surface area contributed by atoms with Crippen LogP contribution in [0.15, 0.2) is 42.6 Å². The number of pyridine rings is 1. The molecule has 1 N–H and O–H groups in total. The third kappa shape index (κ3) is 3.93. The van der Waals surface area contributed by atoms with Crippen LogP contribution in [-0.2, 0) is 0 Å². The average Bonchev–Trinajstić information content (AvgIpc) is 2.62. The number of hydrogen-bond donors (Lipinski definition) is 1. The minimum Gasteiger partial charge on any atom is -0.357 e. The number of rotatable bonds is 4. The van der Waals surface area contributed by atoms with Gasteiger partial charge in [0, 0.05) is 31.4 Å². The molecule has 1 fully saturated rings. The Labute approximate surface area is 144 Å². The Morgan fingerprint density at radius 2 is 2.04 bits per heavy atom. The fraction of sp³-hybridized carbons (Fsp3) is 0.400. The quantitative estimate of drug-likeness (QED) is 0.935. The molecule has 2 heterocycles. The Balaban J connectivity index is 1.54. The van der Waals surface area contributed by atoms with Crippen LogP contribution in [0.1, 0.15) is 42.5 Å². The van der Waals surface area contributed by atoms with E-state index in [2.05, 4.69) is 59.4 Å². The number of piperidine rings is 1. The molecule has 0 spiro atoms. The number of nitrogens with one attached hydrogen (secondary N) is 1. The van der Waals surface area contributed by atoms with E-state index in [-0.39, 0.29) is 0 Å². The summed E-state index contributed by atoms with van der Waals surface area (Å²) in [6, 6.07) is 15.5. The maximum atomic E-state index is 8.86. The number of benzene rings is 1. The van der Waals surface area contributed by atoms with Crippen LogP contribution in [0.4, 0.5) is 5.82 Å². The van der Waals surface area contributed by atoms with E-state index >= 15 is 0 Å². The zero-order valence-corrected chi connectivity index (χ0v) is 14.4. The summed E-state index contributed by atoms with van der Waals surface area (Å²) in [7, 11) is 0. The summed E-state index contributed by atoms with van der Waals surface area (Å²) >= 11 is 0. The first kappa shape index (κ1) is 16.5. The van der Waals surface area contributed by atoms with Crippen molar-refractivity contribution in [2.45, 2.75) is 38.8 Å². The smallest absolute Gasteiger partial charge is 0.128 e. The summed E-state index contributed by atoms with van der Waals surface area (Å²) in [5.41, 5.74) is 3.27. The van der Waals surface area contributed by atoms with Crippen LogP contribution in [0.2, 0.25) is 0 Å². The molecule has 1 aromatic carbocycles. The van der Waals surface area contributed by atoms with Gasteiger partial charge in [-0.1, -0.05) is 29.8 Å². The van der Waals surface area contributed by atoms with Crippen molar-refractivity contribution in [3.8, 4) is 6.07 Å². The van der Waals surface area contributed by atoms with Crippen molar-refractivity contribution in [2.24, 2.45) is 0 Å². The molecular weight excluding hydrogens is 296 g/mol. The molecule has 3 rings (SSSR count). The van der Waals surface area contributed by atoms with E-state index in [4.69, 9.17) is 5.26 Å². The first-order valence-electron chi connectivity index (χ1n) is 8.59. The van der Waals surface area contributed by atoms with Gasteiger partial charge in [0.1, 0.15) is 11.9 Å². The molecule has 1 aliphatic rings. The highest BCUT2D eigenvalue weighted by atomic mass is 15.2. The van der Waals surface area contributed by atoms with Gasteiger partial charge in [0.05, 0.1) is 5.56 Å².